The molecule has 0 radical (unpaired) electrons. The number of ether oxygens (including phenoxy) is 1. The first kappa shape index (κ1) is 16.5. The third-order valence-electron chi connectivity index (χ3n) is 4.29. The van der Waals surface area contributed by atoms with Gasteiger partial charge in [0.15, 0.2) is 12.4 Å². The molecule has 0 saturated heterocycles. The Kier molecular flexibility index (Phi) is 3.85. The molecule has 4 rings (SSSR count). The second-order valence-electron chi connectivity index (χ2n) is 6.16. The van der Waals surface area contributed by atoms with Gasteiger partial charge in [-0.25, -0.2) is 0 Å². The number of anilines is 2. The fourth-order valence-electron chi connectivity index (χ4n) is 2.91. The number of amides is 2. The van der Waals surface area contributed by atoms with Gasteiger partial charge in [0.25, 0.3) is 11.8 Å². The van der Waals surface area contributed by atoms with E-state index >= 15 is 0 Å². The van der Waals surface area contributed by atoms with Crippen molar-refractivity contribution in [1.82, 2.24) is 0 Å². The Morgan fingerprint density at radius 3 is 2.85 bits per heavy atom. The molecule has 7 heteroatoms. The van der Waals surface area contributed by atoms with E-state index in [2.05, 4.69) is 10.6 Å². The summed E-state index contributed by atoms with van der Waals surface area (Å²) in [4.78, 5) is 24.1. The Hall–Kier alpha value is -2.99. The predicted octanol–water partition coefficient (Wildman–Crippen LogP) is 4.29. The van der Waals surface area contributed by atoms with Gasteiger partial charge in [0.05, 0.1) is 5.69 Å². The van der Waals surface area contributed by atoms with Crippen LogP contribution in [0.2, 0.25) is 5.02 Å². The topological polar surface area (TPSA) is 80.6 Å². The van der Waals surface area contributed by atoms with Crippen LogP contribution in [0.4, 0.5) is 11.4 Å². The molecule has 0 spiro atoms. The van der Waals surface area contributed by atoms with Crippen molar-refractivity contribution >= 4 is 45.8 Å². The van der Waals surface area contributed by atoms with Crippen LogP contribution in [0.5, 0.6) is 5.75 Å². The van der Waals surface area contributed by atoms with Crippen molar-refractivity contribution in [2.75, 3.05) is 17.2 Å². The second kappa shape index (κ2) is 6.07. The van der Waals surface area contributed by atoms with Crippen LogP contribution in [0.3, 0.4) is 0 Å². The molecule has 1 aliphatic heterocycles. The highest BCUT2D eigenvalue weighted by Gasteiger charge is 2.20. The van der Waals surface area contributed by atoms with Crippen LogP contribution in [-0.4, -0.2) is 18.4 Å². The molecule has 1 aromatic heterocycles. The lowest BCUT2D eigenvalue weighted by Crippen LogP contribution is -2.25. The van der Waals surface area contributed by atoms with Crippen LogP contribution >= 0.6 is 11.6 Å². The molecular formula is C19H15ClN2O4. The van der Waals surface area contributed by atoms with Gasteiger partial charge >= 0.3 is 0 Å². The number of rotatable bonds is 2. The summed E-state index contributed by atoms with van der Waals surface area (Å²) >= 11 is 6.17. The average Bonchev–Trinajstić information content (AvgIpc) is 2.91. The summed E-state index contributed by atoms with van der Waals surface area (Å²) in [6, 6.07) is 8.65. The third kappa shape index (κ3) is 2.78. The van der Waals surface area contributed by atoms with Crippen molar-refractivity contribution in [2.45, 2.75) is 13.8 Å². The van der Waals surface area contributed by atoms with Crippen molar-refractivity contribution in [3.05, 3.63) is 52.2 Å². The maximum absolute atomic E-state index is 12.7. The summed E-state index contributed by atoms with van der Waals surface area (Å²) in [6.45, 7) is 3.68. The number of nitrogens with one attached hydrogen (secondary N) is 2. The summed E-state index contributed by atoms with van der Waals surface area (Å²) in [5.41, 5.74) is 3.25. The van der Waals surface area contributed by atoms with E-state index < -0.39 is 0 Å². The Bertz CT molecular complexity index is 1070. The molecule has 0 bridgehead atoms. The number of carbonyl (C=O) groups is 2. The Labute approximate surface area is 154 Å². The van der Waals surface area contributed by atoms with Crippen molar-refractivity contribution < 1.29 is 18.7 Å². The van der Waals surface area contributed by atoms with Crippen molar-refractivity contribution in [3.63, 3.8) is 0 Å². The summed E-state index contributed by atoms with van der Waals surface area (Å²) in [5.74, 6) is 0.171. The molecule has 1 aliphatic rings. The van der Waals surface area contributed by atoms with Crippen molar-refractivity contribution in [1.29, 1.82) is 0 Å². The smallest absolute Gasteiger partial charge is 0.291 e. The SMILES string of the molecule is Cc1cc2oc(C(=O)Nc3ccc4c(c3)NC(=O)CO4)c(C)c2cc1Cl. The first-order chi connectivity index (χ1) is 12.4. The average molecular weight is 371 g/mol. The van der Waals surface area contributed by atoms with Crippen LogP contribution in [0.15, 0.2) is 34.7 Å². The molecule has 0 unspecified atom stereocenters. The zero-order chi connectivity index (χ0) is 18.4. The molecule has 3 aromatic rings. The first-order valence-electron chi connectivity index (χ1n) is 7.99. The van der Waals surface area contributed by atoms with Gasteiger partial charge in [-0.05, 0) is 49.7 Å². The van der Waals surface area contributed by atoms with Gasteiger partial charge in [0, 0.05) is 21.7 Å². The van der Waals surface area contributed by atoms with Gasteiger partial charge in [-0.3, -0.25) is 9.59 Å². The molecule has 132 valence electrons. The van der Waals surface area contributed by atoms with Crippen LogP contribution < -0.4 is 15.4 Å². The molecule has 2 aromatic carbocycles. The second-order valence-corrected chi connectivity index (χ2v) is 6.56. The molecule has 0 saturated carbocycles. The summed E-state index contributed by atoms with van der Waals surface area (Å²) in [7, 11) is 0. The molecule has 2 heterocycles. The Balaban J connectivity index is 1.65. The lowest BCUT2D eigenvalue weighted by atomic mass is 10.1. The number of hydrogen-bond donors (Lipinski definition) is 2. The van der Waals surface area contributed by atoms with Gasteiger partial charge in [0.1, 0.15) is 11.3 Å². The van der Waals surface area contributed by atoms with E-state index in [1.165, 1.54) is 0 Å². The molecule has 2 amide bonds. The zero-order valence-electron chi connectivity index (χ0n) is 14.1. The van der Waals surface area contributed by atoms with Crippen LogP contribution in [0, 0.1) is 13.8 Å². The van der Waals surface area contributed by atoms with Gasteiger partial charge < -0.3 is 19.8 Å². The fraction of sp³-hybridized carbons (Fsp3) is 0.158. The minimum atomic E-state index is -0.379. The van der Waals surface area contributed by atoms with Gasteiger partial charge in [0.2, 0.25) is 0 Å². The Morgan fingerprint density at radius 1 is 1.23 bits per heavy atom. The van der Waals surface area contributed by atoms with Crippen molar-refractivity contribution in [2.24, 2.45) is 0 Å². The van der Waals surface area contributed by atoms with E-state index in [-0.39, 0.29) is 24.2 Å². The molecule has 0 fully saturated rings. The highest BCUT2D eigenvalue weighted by molar-refractivity contribution is 6.32. The number of fused-ring (bicyclic) bond motifs is 2. The Morgan fingerprint density at radius 2 is 2.04 bits per heavy atom. The van der Waals surface area contributed by atoms with Gasteiger partial charge in [-0.1, -0.05) is 11.6 Å². The third-order valence-corrected chi connectivity index (χ3v) is 4.70. The molecule has 2 N–H and O–H groups in total. The van der Waals surface area contributed by atoms with E-state index in [0.717, 1.165) is 10.9 Å². The zero-order valence-corrected chi connectivity index (χ0v) is 14.9. The summed E-state index contributed by atoms with van der Waals surface area (Å²) in [5, 5.41) is 6.91. The lowest BCUT2D eigenvalue weighted by molar-refractivity contribution is -0.118. The molecule has 0 atom stereocenters. The minimum Gasteiger partial charge on any atom is -0.482 e. The highest BCUT2D eigenvalue weighted by atomic mass is 35.5. The number of carbonyl (C=O) groups excluding carboxylic acids is 2. The normalized spacial score (nSPS) is 13.1. The number of benzene rings is 2. The molecule has 0 aliphatic carbocycles. The number of aryl methyl sites for hydroxylation is 2. The largest absolute Gasteiger partial charge is 0.482 e. The van der Waals surface area contributed by atoms with Gasteiger partial charge in [-0.2, -0.15) is 0 Å². The molecule has 26 heavy (non-hydrogen) atoms. The van der Waals surface area contributed by atoms with E-state index in [0.29, 0.717) is 33.3 Å². The summed E-state index contributed by atoms with van der Waals surface area (Å²) < 4.78 is 11.0. The fourth-order valence-corrected chi connectivity index (χ4v) is 3.07. The first-order valence-corrected chi connectivity index (χ1v) is 8.37. The number of hydrogen-bond acceptors (Lipinski definition) is 4. The standard InChI is InChI=1S/C19H15ClN2O4/c1-9-5-16-12(7-13(9)20)10(2)18(26-16)19(24)21-11-3-4-15-14(6-11)22-17(23)8-25-15/h3-7H,8H2,1-2H3,(H,21,24)(H,22,23). The van der Waals surface area contributed by atoms with E-state index in [4.69, 9.17) is 20.8 Å². The quantitative estimate of drug-likeness (QED) is 0.705. The van der Waals surface area contributed by atoms with Crippen LogP contribution in [-0.2, 0) is 4.79 Å². The highest BCUT2D eigenvalue weighted by Crippen LogP contribution is 2.32. The predicted molar refractivity (Wildman–Crippen MR) is 99.2 cm³/mol. The van der Waals surface area contributed by atoms with E-state index in [9.17, 15) is 9.59 Å². The van der Waals surface area contributed by atoms with E-state index in [1.807, 2.05) is 19.9 Å². The van der Waals surface area contributed by atoms with Crippen LogP contribution in [0.25, 0.3) is 11.0 Å². The maximum atomic E-state index is 12.7. The van der Waals surface area contributed by atoms with Crippen molar-refractivity contribution in [3.8, 4) is 5.75 Å². The van der Waals surface area contributed by atoms with Gasteiger partial charge in [-0.15, -0.1) is 0 Å². The molecule has 6 nitrogen and oxygen atoms in total. The van der Waals surface area contributed by atoms with E-state index in [1.54, 1.807) is 24.3 Å². The van der Waals surface area contributed by atoms with Crippen LogP contribution in [0.1, 0.15) is 21.7 Å². The summed E-state index contributed by atoms with van der Waals surface area (Å²) in [6.07, 6.45) is 0. The number of furan rings is 1. The monoisotopic (exact) mass is 370 g/mol. The minimum absolute atomic E-state index is 0.0150. The maximum Gasteiger partial charge on any atom is 0.291 e. The molecular weight excluding hydrogens is 356 g/mol. The number of halogens is 1. The lowest BCUT2D eigenvalue weighted by Gasteiger charge is -2.18.